The standard InChI is InChI=1S/C17H18Cl2IN/c1-2-9-21-17(14-5-3-4-6-16(14)20)10-12-7-8-13(18)11-15(12)19/h3-8,11,17,21H,2,9-10H2,1H3. The lowest BCUT2D eigenvalue weighted by Crippen LogP contribution is -2.25. The van der Waals surface area contributed by atoms with Crippen molar-refractivity contribution in [2.24, 2.45) is 0 Å². The Bertz CT molecular complexity index is 601. The number of nitrogens with one attached hydrogen (secondary N) is 1. The molecule has 1 unspecified atom stereocenters. The van der Waals surface area contributed by atoms with E-state index in [2.05, 4.69) is 59.1 Å². The molecule has 21 heavy (non-hydrogen) atoms. The third kappa shape index (κ3) is 4.85. The Labute approximate surface area is 150 Å². The molecule has 0 saturated carbocycles. The summed E-state index contributed by atoms with van der Waals surface area (Å²) < 4.78 is 1.27. The minimum Gasteiger partial charge on any atom is -0.310 e. The third-order valence-corrected chi connectivity index (χ3v) is 4.93. The van der Waals surface area contributed by atoms with Crippen LogP contribution in [0.25, 0.3) is 0 Å². The Morgan fingerprint density at radius 3 is 2.57 bits per heavy atom. The quantitative estimate of drug-likeness (QED) is 0.560. The first-order valence-electron chi connectivity index (χ1n) is 7.03. The highest BCUT2D eigenvalue weighted by Gasteiger charge is 2.15. The maximum Gasteiger partial charge on any atom is 0.0453 e. The zero-order valence-electron chi connectivity index (χ0n) is 11.9. The van der Waals surface area contributed by atoms with Crippen LogP contribution < -0.4 is 5.32 Å². The average molecular weight is 434 g/mol. The van der Waals surface area contributed by atoms with Gasteiger partial charge in [-0.25, -0.2) is 0 Å². The van der Waals surface area contributed by atoms with E-state index in [1.807, 2.05) is 18.2 Å². The average Bonchev–Trinajstić information content (AvgIpc) is 2.46. The minimum absolute atomic E-state index is 0.261. The molecule has 112 valence electrons. The fourth-order valence-electron chi connectivity index (χ4n) is 2.28. The lowest BCUT2D eigenvalue weighted by molar-refractivity contribution is 0.527. The van der Waals surface area contributed by atoms with Crippen molar-refractivity contribution in [2.75, 3.05) is 6.54 Å². The molecule has 2 rings (SSSR count). The SMILES string of the molecule is CCCNC(Cc1ccc(Cl)cc1Cl)c1ccccc1I. The number of hydrogen-bond donors (Lipinski definition) is 1. The number of rotatable bonds is 6. The Morgan fingerprint density at radius 2 is 1.90 bits per heavy atom. The van der Waals surface area contributed by atoms with Gasteiger partial charge < -0.3 is 5.32 Å². The van der Waals surface area contributed by atoms with Crippen LogP contribution in [-0.2, 0) is 6.42 Å². The molecule has 1 N–H and O–H groups in total. The fourth-order valence-corrected chi connectivity index (χ4v) is 3.52. The summed E-state index contributed by atoms with van der Waals surface area (Å²) in [6, 6.07) is 14.5. The molecule has 0 radical (unpaired) electrons. The van der Waals surface area contributed by atoms with Crippen molar-refractivity contribution in [3.63, 3.8) is 0 Å². The number of benzene rings is 2. The van der Waals surface area contributed by atoms with Gasteiger partial charge in [0.2, 0.25) is 0 Å². The van der Waals surface area contributed by atoms with Gasteiger partial charge in [-0.2, -0.15) is 0 Å². The summed E-state index contributed by atoms with van der Waals surface area (Å²) >= 11 is 14.7. The molecule has 2 aromatic carbocycles. The third-order valence-electron chi connectivity index (χ3n) is 3.36. The molecule has 1 atom stereocenters. The molecule has 0 bridgehead atoms. The van der Waals surface area contributed by atoms with Crippen LogP contribution >= 0.6 is 45.8 Å². The summed E-state index contributed by atoms with van der Waals surface area (Å²) in [6.07, 6.45) is 1.96. The first kappa shape index (κ1) is 17.1. The van der Waals surface area contributed by atoms with E-state index < -0.39 is 0 Å². The van der Waals surface area contributed by atoms with E-state index >= 15 is 0 Å². The van der Waals surface area contributed by atoms with Crippen LogP contribution in [0.2, 0.25) is 10.0 Å². The van der Waals surface area contributed by atoms with Gasteiger partial charge in [-0.3, -0.25) is 0 Å². The summed E-state index contributed by atoms with van der Waals surface area (Å²) in [5.41, 5.74) is 2.44. The fraction of sp³-hybridized carbons (Fsp3) is 0.294. The molecule has 0 aromatic heterocycles. The molecule has 2 aromatic rings. The summed E-state index contributed by atoms with van der Waals surface area (Å²) in [5.74, 6) is 0. The van der Waals surface area contributed by atoms with Crippen molar-refractivity contribution in [3.8, 4) is 0 Å². The second kappa shape index (κ2) is 8.37. The second-order valence-electron chi connectivity index (χ2n) is 4.97. The second-order valence-corrected chi connectivity index (χ2v) is 6.97. The molecular formula is C17H18Cl2IN. The van der Waals surface area contributed by atoms with Crippen molar-refractivity contribution in [3.05, 3.63) is 67.2 Å². The molecule has 0 aliphatic rings. The lowest BCUT2D eigenvalue weighted by Gasteiger charge is -2.21. The van der Waals surface area contributed by atoms with Crippen molar-refractivity contribution in [1.82, 2.24) is 5.32 Å². The molecule has 0 aliphatic carbocycles. The molecule has 0 spiro atoms. The molecule has 4 heteroatoms. The van der Waals surface area contributed by atoms with Crippen LogP contribution in [0.1, 0.15) is 30.5 Å². The van der Waals surface area contributed by atoms with Gasteiger partial charge in [0.15, 0.2) is 0 Å². The highest BCUT2D eigenvalue weighted by atomic mass is 127. The van der Waals surface area contributed by atoms with Crippen molar-refractivity contribution in [2.45, 2.75) is 25.8 Å². The molecule has 0 aliphatic heterocycles. The van der Waals surface area contributed by atoms with Crippen LogP contribution in [0, 0.1) is 3.57 Å². The number of halogens is 3. The van der Waals surface area contributed by atoms with E-state index in [-0.39, 0.29) is 6.04 Å². The van der Waals surface area contributed by atoms with E-state index in [9.17, 15) is 0 Å². The van der Waals surface area contributed by atoms with Crippen LogP contribution in [0.4, 0.5) is 0 Å². The Morgan fingerprint density at radius 1 is 1.14 bits per heavy atom. The predicted octanol–water partition coefficient (Wildman–Crippen LogP) is 5.88. The summed E-state index contributed by atoms with van der Waals surface area (Å²) in [5, 5.41) is 5.03. The van der Waals surface area contributed by atoms with Crippen LogP contribution in [0.15, 0.2) is 42.5 Å². The summed E-state index contributed by atoms with van der Waals surface area (Å²) in [6.45, 7) is 3.16. The van der Waals surface area contributed by atoms with E-state index in [1.54, 1.807) is 0 Å². The van der Waals surface area contributed by atoms with Crippen LogP contribution in [0.5, 0.6) is 0 Å². The maximum absolute atomic E-state index is 6.32. The molecule has 0 heterocycles. The zero-order valence-corrected chi connectivity index (χ0v) is 15.5. The smallest absolute Gasteiger partial charge is 0.0453 e. The Balaban J connectivity index is 2.26. The van der Waals surface area contributed by atoms with Crippen molar-refractivity contribution < 1.29 is 0 Å². The van der Waals surface area contributed by atoms with Crippen LogP contribution in [0.3, 0.4) is 0 Å². The highest BCUT2D eigenvalue weighted by Crippen LogP contribution is 2.28. The van der Waals surface area contributed by atoms with Gasteiger partial charge in [0.1, 0.15) is 0 Å². The van der Waals surface area contributed by atoms with Crippen LogP contribution in [-0.4, -0.2) is 6.54 Å². The van der Waals surface area contributed by atoms with Gasteiger partial charge in [-0.15, -0.1) is 0 Å². The maximum atomic E-state index is 6.32. The molecular weight excluding hydrogens is 416 g/mol. The Hall–Kier alpha value is -0.290. The Kier molecular flexibility index (Phi) is 6.80. The number of hydrogen-bond acceptors (Lipinski definition) is 1. The van der Waals surface area contributed by atoms with Gasteiger partial charge in [0, 0.05) is 19.7 Å². The van der Waals surface area contributed by atoms with Gasteiger partial charge in [-0.1, -0.05) is 54.4 Å². The lowest BCUT2D eigenvalue weighted by atomic mass is 9.98. The van der Waals surface area contributed by atoms with Gasteiger partial charge in [0.05, 0.1) is 0 Å². The molecule has 0 fully saturated rings. The van der Waals surface area contributed by atoms with E-state index in [4.69, 9.17) is 23.2 Å². The first-order valence-corrected chi connectivity index (χ1v) is 8.87. The first-order chi connectivity index (χ1) is 10.1. The predicted molar refractivity (Wildman–Crippen MR) is 100 cm³/mol. The van der Waals surface area contributed by atoms with Crippen molar-refractivity contribution in [1.29, 1.82) is 0 Å². The molecule has 0 amide bonds. The van der Waals surface area contributed by atoms with Gasteiger partial charge in [-0.05, 0) is 71.3 Å². The summed E-state index contributed by atoms with van der Waals surface area (Å²) in [7, 11) is 0. The van der Waals surface area contributed by atoms with E-state index in [1.165, 1.54) is 9.13 Å². The normalized spacial score (nSPS) is 12.4. The van der Waals surface area contributed by atoms with E-state index in [0.717, 1.165) is 30.0 Å². The monoisotopic (exact) mass is 433 g/mol. The topological polar surface area (TPSA) is 12.0 Å². The van der Waals surface area contributed by atoms with E-state index in [0.29, 0.717) is 5.02 Å². The molecule has 1 nitrogen and oxygen atoms in total. The zero-order chi connectivity index (χ0) is 15.2. The summed E-state index contributed by atoms with van der Waals surface area (Å²) in [4.78, 5) is 0. The highest BCUT2D eigenvalue weighted by molar-refractivity contribution is 14.1. The van der Waals surface area contributed by atoms with Gasteiger partial charge >= 0.3 is 0 Å². The largest absolute Gasteiger partial charge is 0.310 e. The minimum atomic E-state index is 0.261. The van der Waals surface area contributed by atoms with Crippen molar-refractivity contribution >= 4 is 45.8 Å². The van der Waals surface area contributed by atoms with Gasteiger partial charge in [0.25, 0.3) is 0 Å². The molecule has 0 saturated heterocycles.